The average molecular weight is 259 g/mol. The third kappa shape index (κ3) is 4.04. The number of nitrogens with one attached hydrogen (secondary N) is 1. The van der Waals surface area contributed by atoms with E-state index in [1.165, 1.54) is 0 Å². The van der Waals surface area contributed by atoms with Gasteiger partial charge in [0, 0.05) is 32.6 Å². The lowest BCUT2D eigenvalue weighted by Crippen LogP contribution is -2.19. The first kappa shape index (κ1) is 13.5. The summed E-state index contributed by atoms with van der Waals surface area (Å²) in [4.78, 5) is 17.1. The first-order valence-corrected chi connectivity index (χ1v) is 6.11. The Hall–Kier alpha value is -1.92. The molecule has 0 aromatic carbocycles. The minimum atomic E-state index is 0.622. The van der Waals surface area contributed by atoms with Crippen LogP contribution in [0.3, 0.4) is 0 Å². The van der Waals surface area contributed by atoms with E-state index in [0.717, 1.165) is 17.9 Å². The summed E-state index contributed by atoms with van der Waals surface area (Å²) >= 11 is 0. The highest BCUT2D eigenvalue weighted by Gasteiger charge is 2.04. The maximum Gasteiger partial charge on any atom is 0.178 e. The third-order valence-corrected chi connectivity index (χ3v) is 2.51. The van der Waals surface area contributed by atoms with Gasteiger partial charge in [0.1, 0.15) is 11.5 Å². The second-order valence-corrected chi connectivity index (χ2v) is 4.03. The van der Waals surface area contributed by atoms with Crippen LogP contribution in [0.2, 0.25) is 0 Å². The predicted molar refractivity (Wildman–Crippen MR) is 71.4 cm³/mol. The Labute approximate surface area is 112 Å². The fraction of sp³-hybridized carbons (Fsp3) is 0.385. The van der Waals surface area contributed by atoms with Crippen LogP contribution in [0.5, 0.6) is 0 Å². The van der Waals surface area contributed by atoms with Gasteiger partial charge in [-0.25, -0.2) is 19.9 Å². The molecule has 1 N–H and O–H groups in total. The summed E-state index contributed by atoms with van der Waals surface area (Å²) in [6.45, 7) is 4.01. The van der Waals surface area contributed by atoms with E-state index in [9.17, 15) is 0 Å². The molecule has 2 heterocycles. The Morgan fingerprint density at radius 1 is 1.16 bits per heavy atom. The van der Waals surface area contributed by atoms with Crippen molar-refractivity contribution in [2.75, 3.05) is 20.3 Å². The van der Waals surface area contributed by atoms with E-state index < -0.39 is 0 Å². The van der Waals surface area contributed by atoms with Crippen LogP contribution in [0.25, 0.3) is 11.5 Å². The molecule has 6 heteroatoms. The van der Waals surface area contributed by atoms with Crippen molar-refractivity contribution in [2.45, 2.75) is 13.5 Å². The molecule has 0 atom stereocenters. The molecule has 0 fully saturated rings. The molecule has 0 bridgehead atoms. The van der Waals surface area contributed by atoms with Crippen LogP contribution in [0.1, 0.15) is 11.5 Å². The second-order valence-electron chi connectivity index (χ2n) is 4.03. The number of aryl methyl sites for hydroxylation is 1. The van der Waals surface area contributed by atoms with Crippen LogP contribution in [-0.4, -0.2) is 40.2 Å². The van der Waals surface area contributed by atoms with Crippen molar-refractivity contribution in [3.8, 4) is 11.5 Å². The van der Waals surface area contributed by atoms with Crippen LogP contribution in [0.15, 0.2) is 24.5 Å². The number of methoxy groups -OCH3 is 1. The van der Waals surface area contributed by atoms with Gasteiger partial charge in [-0.3, -0.25) is 0 Å². The Morgan fingerprint density at radius 3 is 2.79 bits per heavy atom. The summed E-state index contributed by atoms with van der Waals surface area (Å²) < 4.78 is 4.97. The minimum Gasteiger partial charge on any atom is -0.383 e. The molecule has 0 amide bonds. The van der Waals surface area contributed by atoms with Crippen molar-refractivity contribution in [2.24, 2.45) is 0 Å². The van der Waals surface area contributed by atoms with E-state index in [2.05, 4.69) is 25.3 Å². The molecule has 19 heavy (non-hydrogen) atoms. The lowest BCUT2D eigenvalue weighted by atomic mass is 10.3. The van der Waals surface area contributed by atoms with Gasteiger partial charge in [-0.1, -0.05) is 0 Å². The molecule has 0 spiro atoms. The third-order valence-electron chi connectivity index (χ3n) is 2.51. The van der Waals surface area contributed by atoms with Gasteiger partial charge >= 0.3 is 0 Å². The summed E-state index contributed by atoms with van der Waals surface area (Å²) in [5.74, 6) is 1.33. The first-order valence-electron chi connectivity index (χ1n) is 6.11. The first-order chi connectivity index (χ1) is 9.29. The predicted octanol–water partition coefficient (Wildman–Crippen LogP) is 0.978. The van der Waals surface area contributed by atoms with Crippen LogP contribution >= 0.6 is 0 Å². The number of hydrogen-bond acceptors (Lipinski definition) is 6. The van der Waals surface area contributed by atoms with Crippen molar-refractivity contribution in [1.29, 1.82) is 0 Å². The van der Waals surface area contributed by atoms with Gasteiger partial charge in [-0.15, -0.1) is 0 Å². The van der Waals surface area contributed by atoms with Gasteiger partial charge in [-0.2, -0.15) is 0 Å². The summed E-state index contributed by atoms with van der Waals surface area (Å²) in [6, 6.07) is 3.70. The van der Waals surface area contributed by atoms with E-state index in [4.69, 9.17) is 4.74 Å². The fourth-order valence-corrected chi connectivity index (χ4v) is 1.59. The smallest absolute Gasteiger partial charge is 0.178 e. The number of rotatable bonds is 6. The van der Waals surface area contributed by atoms with Crippen LogP contribution < -0.4 is 5.32 Å². The van der Waals surface area contributed by atoms with Crippen molar-refractivity contribution >= 4 is 0 Å². The number of ether oxygens (including phenoxy) is 1. The van der Waals surface area contributed by atoms with Crippen LogP contribution in [-0.2, 0) is 11.3 Å². The molecule has 0 radical (unpaired) electrons. The minimum absolute atomic E-state index is 0.622. The summed E-state index contributed by atoms with van der Waals surface area (Å²) in [5.41, 5.74) is 1.67. The van der Waals surface area contributed by atoms with Crippen molar-refractivity contribution in [1.82, 2.24) is 25.3 Å². The molecule has 6 nitrogen and oxygen atoms in total. The Kier molecular flexibility index (Phi) is 4.88. The standard InChI is InChI=1S/C13H17N5O/c1-10-15-6-4-12(17-10)13-16-5-3-11(18-13)9-14-7-8-19-2/h3-6,14H,7-9H2,1-2H3. The van der Waals surface area contributed by atoms with Gasteiger partial charge < -0.3 is 10.1 Å². The fourth-order valence-electron chi connectivity index (χ4n) is 1.59. The number of nitrogens with zero attached hydrogens (tertiary/aromatic N) is 4. The van der Waals surface area contributed by atoms with E-state index in [0.29, 0.717) is 24.8 Å². The van der Waals surface area contributed by atoms with Gasteiger partial charge in [0.2, 0.25) is 0 Å². The van der Waals surface area contributed by atoms with Crippen molar-refractivity contribution < 1.29 is 4.74 Å². The number of hydrogen-bond donors (Lipinski definition) is 1. The zero-order valence-electron chi connectivity index (χ0n) is 11.1. The molecule has 2 aromatic heterocycles. The molecule has 0 unspecified atom stereocenters. The summed E-state index contributed by atoms with van der Waals surface area (Å²) in [5, 5.41) is 3.24. The molecule has 0 aliphatic heterocycles. The largest absolute Gasteiger partial charge is 0.383 e. The Balaban J connectivity index is 2.06. The lowest BCUT2D eigenvalue weighted by Gasteiger charge is -2.05. The zero-order chi connectivity index (χ0) is 13.5. The second kappa shape index (κ2) is 6.86. The molecule has 0 aliphatic carbocycles. The molecular formula is C13H17N5O. The van der Waals surface area contributed by atoms with E-state index in [-0.39, 0.29) is 0 Å². The zero-order valence-corrected chi connectivity index (χ0v) is 11.1. The maximum atomic E-state index is 4.97. The maximum absolute atomic E-state index is 4.97. The Bertz CT molecular complexity index is 532. The highest BCUT2D eigenvalue weighted by molar-refractivity contribution is 5.47. The van der Waals surface area contributed by atoms with E-state index >= 15 is 0 Å². The molecule has 0 saturated heterocycles. The van der Waals surface area contributed by atoms with Crippen LogP contribution in [0.4, 0.5) is 0 Å². The van der Waals surface area contributed by atoms with Gasteiger partial charge in [0.15, 0.2) is 5.82 Å². The summed E-state index contributed by atoms with van der Waals surface area (Å²) in [7, 11) is 1.68. The van der Waals surface area contributed by atoms with Crippen molar-refractivity contribution in [3.05, 3.63) is 36.0 Å². The van der Waals surface area contributed by atoms with Crippen molar-refractivity contribution in [3.63, 3.8) is 0 Å². The highest BCUT2D eigenvalue weighted by atomic mass is 16.5. The van der Waals surface area contributed by atoms with E-state index in [1.54, 1.807) is 19.5 Å². The molecule has 0 aliphatic rings. The summed E-state index contributed by atoms with van der Waals surface area (Å²) in [6.07, 6.45) is 3.46. The van der Waals surface area contributed by atoms with Crippen LogP contribution in [0, 0.1) is 6.92 Å². The SMILES string of the molecule is COCCNCc1ccnc(-c2ccnc(C)n2)n1. The number of aromatic nitrogens is 4. The van der Waals surface area contributed by atoms with Gasteiger partial charge in [-0.05, 0) is 19.1 Å². The molecule has 2 aromatic rings. The highest BCUT2D eigenvalue weighted by Crippen LogP contribution is 2.10. The van der Waals surface area contributed by atoms with Gasteiger partial charge in [0.05, 0.1) is 12.3 Å². The lowest BCUT2D eigenvalue weighted by molar-refractivity contribution is 0.199. The molecule has 100 valence electrons. The molecule has 0 saturated carbocycles. The molecule has 2 rings (SSSR count). The van der Waals surface area contributed by atoms with E-state index in [1.807, 2.05) is 19.1 Å². The molecular weight excluding hydrogens is 242 g/mol. The Morgan fingerprint density at radius 2 is 2.00 bits per heavy atom. The average Bonchev–Trinajstić information content (AvgIpc) is 2.44. The normalized spacial score (nSPS) is 10.6. The quantitative estimate of drug-likeness (QED) is 0.780. The monoisotopic (exact) mass is 259 g/mol. The topological polar surface area (TPSA) is 72.8 Å². The van der Waals surface area contributed by atoms with Gasteiger partial charge in [0.25, 0.3) is 0 Å².